The van der Waals surface area contributed by atoms with Gasteiger partial charge in [-0.15, -0.1) is 11.3 Å². The number of fused-ring (bicyclic) bond motifs is 10. The Hall–Kier alpha value is -3.75. The summed E-state index contributed by atoms with van der Waals surface area (Å²) in [6.07, 6.45) is 6.37. The summed E-state index contributed by atoms with van der Waals surface area (Å²) in [6, 6.07) is 8.23. The van der Waals surface area contributed by atoms with E-state index in [1.807, 2.05) is 29.1 Å². The maximum absolute atomic E-state index is 13.6. The van der Waals surface area contributed by atoms with Crippen molar-refractivity contribution >= 4 is 44.8 Å². The third-order valence-electron chi connectivity index (χ3n) is 9.37. The number of aryl methyl sites for hydroxylation is 4. The van der Waals surface area contributed by atoms with E-state index in [1.165, 1.54) is 35.3 Å². The molecule has 0 saturated carbocycles. The predicted octanol–water partition coefficient (Wildman–Crippen LogP) is 5.72. The molecule has 208 valence electrons. The Morgan fingerprint density at radius 3 is 2.71 bits per heavy atom. The smallest absolute Gasteiger partial charge is 0.252 e. The fourth-order valence-electron chi connectivity index (χ4n) is 7.36. The Kier molecular flexibility index (Phi) is 5.73. The van der Waals surface area contributed by atoms with Gasteiger partial charge in [-0.25, -0.2) is 0 Å². The van der Waals surface area contributed by atoms with Crippen LogP contribution >= 0.6 is 11.3 Å². The summed E-state index contributed by atoms with van der Waals surface area (Å²) in [5, 5.41) is 12.2. The molecule has 0 radical (unpaired) electrons. The third kappa shape index (κ3) is 3.70. The number of likely N-dealkylation sites (tertiary alicyclic amines) is 1. The summed E-state index contributed by atoms with van der Waals surface area (Å²) >= 11 is 1.50. The summed E-state index contributed by atoms with van der Waals surface area (Å²) in [6.45, 7) is 9.59. The van der Waals surface area contributed by atoms with Crippen molar-refractivity contribution in [3.05, 3.63) is 74.2 Å². The summed E-state index contributed by atoms with van der Waals surface area (Å²) in [4.78, 5) is 30.4. The number of hydrogen-bond donors (Lipinski definition) is 1. The molecule has 0 bridgehead atoms. The van der Waals surface area contributed by atoms with E-state index in [1.54, 1.807) is 0 Å². The van der Waals surface area contributed by atoms with Crippen molar-refractivity contribution in [2.24, 2.45) is 0 Å². The first-order valence-electron chi connectivity index (χ1n) is 14.8. The van der Waals surface area contributed by atoms with Crippen molar-refractivity contribution in [1.82, 2.24) is 24.6 Å². The third-order valence-corrected chi connectivity index (χ3v) is 10.4. The molecule has 8 heteroatoms. The lowest BCUT2D eigenvalue weighted by molar-refractivity contribution is 0.0965. The van der Waals surface area contributed by atoms with Gasteiger partial charge < -0.3 is 14.8 Å². The van der Waals surface area contributed by atoms with Gasteiger partial charge in [-0.1, -0.05) is 0 Å². The zero-order valence-corrected chi connectivity index (χ0v) is 24.4. The van der Waals surface area contributed by atoms with Crippen LogP contribution in [0.1, 0.15) is 67.7 Å². The first-order valence-corrected chi connectivity index (χ1v) is 15.7. The highest BCUT2D eigenvalue weighted by Crippen LogP contribution is 2.47. The molecule has 0 spiro atoms. The molecule has 2 aliphatic heterocycles. The number of rotatable bonds is 6. The second-order valence-electron chi connectivity index (χ2n) is 11.7. The van der Waals surface area contributed by atoms with Gasteiger partial charge in [0.05, 0.1) is 21.7 Å². The van der Waals surface area contributed by atoms with E-state index >= 15 is 0 Å². The molecule has 3 aromatic heterocycles. The molecule has 5 heterocycles. The van der Waals surface area contributed by atoms with Crippen molar-refractivity contribution in [1.29, 1.82) is 0 Å². The lowest BCUT2D eigenvalue weighted by Gasteiger charge is -2.22. The number of nitrogens with zero attached hydrogens (tertiary/aromatic N) is 4. The SMILES string of the molecule is CCn1cc2c(n1)CCc1c-2c2c(c3c4cc(C(=O)c5sccc5C)ccc4n(CCN4CCCC4)c13)CNC2=O. The standard InChI is InChI=1S/C33H33N5O2S/c1-3-37-18-24-25(35-37)8-7-21-27(24)29-23(17-34-33(29)40)28-22-16-20(31(39)32-19(2)10-15-41-32)6-9-26(22)38(30(21)28)14-13-36-11-4-5-12-36/h6,9-10,15-16,18H,3-5,7-8,11-14,17H2,1-2H3,(H,34,40). The number of aromatic nitrogens is 3. The molecule has 0 atom stereocenters. The van der Waals surface area contributed by atoms with Gasteiger partial charge in [-0.3, -0.25) is 14.3 Å². The predicted molar refractivity (Wildman–Crippen MR) is 163 cm³/mol. The van der Waals surface area contributed by atoms with Crippen molar-refractivity contribution in [3.63, 3.8) is 0 Å². The molecule has 1 aliphatic carbocycles. The molecule has 8 rings (SSSR count). The second kappa shape index (κ2) is 9.39. The van der Waals surface area contributed by atoms with E-state index in [4.69, 9.17) is 5.10 Å². The van der Waals surface area contributed by atoms with E-state index in [9.17, 15) is 9.59 Å². The van der Waals surface area contributed by atoms with Crippen LogP contribution in [0.2, 0.25) is 0 Å². The normalized spacial score (nSPS) is 16.4. The summed E-state index contributed by atoms with van der Waals surface area (Å²) in [7, 11) is 0. The van der Waals surface area contributed by atoms with Crippen LogP contribution < -0.4 is 5.32 Å². The molecule has 1 N–H and O–H groups in total. The fraction of sp³-hybridized carbons (Fsp3) is 0.364. The lowest BCUT2D eigenvalue weighted by Crippen LogP contribution is -2.24. The van der Waals surface area contributed by atoms with E-state index in [-0.39, 0.29) is 11.7 Å². The topological polar surface area (TPSA) is 72.2 Å². The minimum Gasteiger partial charge on any atom is -0.348 e. The van der Waals surface area contributed by atoms with Crippen LogP contribution in [0.5, 0.6) is 0 Å². The molecule has 1 saturated heterocycles. The molecule has 1 amide bonds. The number of thiophene rings is 1. The number of carbonyl (C=O) groups is 2. The molecule has 1 fully saturated rings. The van der Waals surface area contributed by atoms with Crippen LogP contribution in [0.3, 0.4) is 0 Å². The molecule has 0 unspecified atom stereocenters. The Morgan fingerprint density at radius 1 is 1.07 bits per heavy atom. The minimum absolute atomic E-state index is 0.00495. The molecule has 7 nitrogen and oxygen atoms in total. The largest absolute Gasteiger partial charge is 0.348 e. The maximum Gasteiger partial charge on any atom is 0.252 e. The number of ketones is 1. The molecule has 41 heavy (non-hydrogen) atoms. The number of carbonyl (C=O) groups excluding carboxylic acids is 2. The van der Waals surface area contributed by atoms with Crippen molar-refractivity contribution in [2.75, 3.05) is 19.6 Å². The number of nitrogens with one attached hydrogen (secondary N) is 1. The molecular formula is C33H33N5O2S. The molecule has 2 aromatic carbocycles. The quantitative estimate of drug-likeness (QED) is 0.269. The summed E-state index contributed by atoms with van der Waals surface area (Å²) in [5.41, 5.74) is 10.5. The van der Waals surface area contributed by atoms with E-state index in [0.717, 1.165) is 100 Å². The van der Waals surface area contributed by atoms with Crippen LogP contribution in [0.4, 0.5) is 0 Å². The fourth-order valence-corrected chi connectivity index (χ4v) is 8.25. The Bertz CT molecular complexity index is 1900. The van der Waals surface area contributed by atoms with E-state index < -0.39 is 0 Å². The summed E-state index contributed by atoms with van der Waals surface area (Å²) < 4.78 is 4.49. The highest BCUT2D eigenvalue weighted by atomic mass is 32.1. The minimum atomic E-state index is -0.00495. The van der Waals surface area contributed by atoms with Crippen molar-refractivity contribution < 1.29 is 9.59 Å². The highest BCUT2D eigenvalue weighted by Gasteiger charge is 2.35. The van der Waals surface area contributed by atoms with Crippen LogP contribution in [-0.2, 0) is 32.5 Å². The average Bonchev–Trinajstić information content (AvgIpc) is 3.81. The van der Waals surface area contributed by atoms with Gasteiger partial charge in [0.25, 0.3) is 5.91 Å². The van der Waals surface area contributed by atoms with Crippen LogP contribution in [0, 0.1) is 6.92 Å². The zero-order chi connectivity index (χ0) is 27.8. The number of benzene rings is 2. The van der Waals surface area contributed by atoms with Gasteiger partial charge in [0.2, 0.25) is 5.78 Å². The zero-order valence-electron chi connectivity index (χ0n) is 23.5. The Morgan fingerprint density at radius 2 is 1.93 bits per heavy atom. The average molecular weight is 564 g/mol. The van der Waals surface area contributed by atoms with Crippen LogP contribution in [0.25, 0.3) is 32.9 Å². The van der Waals surface area contributed by atoms with Gasteiger partial charge in [0, 0.05) is 65.4 Å². The van der Waals surface area contributed by atoms with Crippen LogP contribution in [-0.4, -0.2) is 50.6 Å². The van der Waals surface area contributed by atoms with Gasteiger partial charge in [-0.2, -0.15) is 5.10 Å². The monoisotopic (exact) mass is 563 g/mol. The Labute approximate surface area is 242 Å². The van der Waals surface area contributed by atoms with E-state index in [0.29, 0.717) is 12.1 Å². The first-order chi connectivity index (χ1) is 20.0. The van der Waals surface area contributed by atoms with Gasteiger partial charge in [0.1, 0.15) is 0 Å². The first kappa shape index (κ1) is 25.0. The van der Waals surface area contributed by atoms with Crippen molar-refractivity contribution in [3.8, 4) is 11.1 Å². The van der Waals surface area contributed by atoms with E-state index in [2.05, 4.69) is 40.0 Å². The van der Waals surface area contributed by atoms with Crippen LogP contribution in [0.15, 0.2) is 35.8 Å². The van der Waals surface area contributed by atoms with Gasteiger partial charge in [0.15, 0.2) is 0 Å². The van der Waals surface area contributed by atoms with Gasteiger partial charge in [-0.05, 0) is 99.0 Å². The summed E-state index contributed by atoms with van der Waals surface area (Å²) in [5.74, 6) is 0.0625. The highest BCUT2D eigenvalue weighted by molar-refractivity contribution is 7.12. The van der Waals surface area contributed by atoms with Crippen molar-refractivity contribution in [2.45, 2.75) is 59.2 Å². The lowest BCUT2D eigenvalue weighted by atomic mass is 9.82. The Balaban J connectivity index is 1.42. The number of hydrogen-bond acceptors (Lipinski definition) is 5. The second-order valence-corrected chi connectivity index (χ2v) is 12.6. The van der Waals surface area contributed by atoms with Gasteiger partial charge >= 0.3 is 0 Å². The molecular weight excluding hydrogens is 530 g/mol. The molecule has 5 aromatic rings. The molecule has 3 aliphatic rings. The number of amides is 1. The maximum atomic E-state index is 13.6.